The lowest BCUT2D eigenvalue weighted by molar-refractivity contribution is 0.0996. The molecule has 0 aliphatic carbocycles. The van der Waals surface area contributed by atoms with Crippen LogP contribution in [0.4, 0.5) is 4.39 Å². The summed E-state index contributed by atoms with van der Waals surface area (Å²) >= 11 is 0. The van der Waals surface area contributed by atoms with E-state index < -0.39 is 11.7 Å². The fourth-order valence-electron chi connectivity index (χ4n) is 2.61. The lowest BCUT2D eigenvalue weighted by atomic mass is 10.0. The van der Waals surface area contributed by atoms with Gasteiger partial charge in [0.15, 0.2) is 0 Å². The maximum Gasteiger partial charge on any atom is 0.272 e. The van der Waals surface area contributed by atoms with Crippen molar-refractivity contribution in [2.45, 2.75) is 20.3 Å². The van der Waals surface area contributed by atoms with Crippen LogP contribution in [0.5, 0.6) is 5.75 Å². The van der Waals surface area contributed by atoms with E-state index in [1.54, 1.807) is 18.2 Å². The van der Waals surface area contributed by atoms with Crippen LogP contribution < -0.4 is 16.0 Å². The van der Waals surface area contributed by atoms with Gasteiger partial charge in [0.2, 0.25) is 0 Å². The molecule has 0 aliphatic heterocycles. The zero-order valence-electron chi connectivity index (χ0n) is 14.8. The molecule has 2 aromatic carbocycles. The summed E-state index contributed by atoms with van der Waals surface area (Å²) in [5.41, 5.74) is 5.84. The Kier molecular flexibility index (Phi) is 6.06. The van der Waals surface area contributed by atoms with Gasteiger partial charge in [-0.2, -0.15) is 5.10 Å². The molecule has 0 radical (unpaired) electrons. The van der Waals surface area contributed by atoms with Crippen molar-refractivity contribution in [2.24, 2.45) is 5.73 Å². The molecule has 1 aromatic heterocycles. The molecule has 3 N–H and O–H groups in total. The summed E-state index contributed by atoms with van der Waals surface area (Å²) in [6.45, 7) is 4.00. The van der Waals surface area contributed by atoms with E-state index in [1.807, 2.05) is 13.8 Å². The van der Waals surface area contributed by atoms with E-state index in [-0.39, 0.29) is 17.5 Å². The number of H-pyrrole nitrogens is 1. The molecule has 136 valence electrons. The predicted molar refractivity (Wildman–Crippen MR) is 98.0 cm³/mol. The second-order valence-electron chi connectivity index (χ2n) is 5.24. The van der Waals surface area contributed by atoms with E-state index in [1.165, 1.54) is 25.3 Å². The molecule has 26 heavy (non-hydrogen) atoms. The monoisotopic (exact) mass is 357 g/mol. The Morgan fingerprint density at radius 1 is 1.27 bits per heavy atom. The van der Waals surface area contributed by atoms with E-state index in [9.17, 15) is 14.0 Å². The molecule has 0 saturated carbocycles. The van der Waals surface area contributed by atoms with Gasteiger partial charge in [-0.3, -0.25) is 9.59 Å². The third-order valence-electron chi connectivity index (χ3n) is 3.74. The van der Waals surface area contributed by atoms with Crippen LogP contribution in [0, 0.1) is 5.82 Å². The number of carbonyl (C=O) groups excluding carboxylic acids is 1. The van der Waals surface area contributed by atoms with Gasteiger partial charge in [-0.15, -0.1) is 0 Å². The average molecular weight is 357 g/mol. The fraction of sp³-hybridized carbons (Fsp3) is 0.211. The predicted octanol–water partition coefficient (Wildman–Crippen LogP) is 2.79. The topological polar surface area (TPSA) is 98.1 Å². The van der Waals surface area contributed by atoms with Crippen molar-refractivity contribution >= 4 is 16.7 Å². The number of primary amides is 1. The number of nitrogens with zero attached hydrogens (tertiary/aromatic N) is 1. The molecule has 0 fully saturated rings. The Morgan fingerprint density at radius 2 is 2.00 bits per heavy atom. The first-order valence-electron chi connectivity index (χ1n) is 8.13. The normalized spacial score (nSPS) is 10.2. The summed E-state index contributed by atoms with van der Waals surface area (Å²) in [5.74, 6) is -1.01. The summed E-state index contributed by atoms with van der Waals surface area (Å²) in [7, 11) is 1.50. The first kappa shape index (κ1) is 19.1. The number of ether oxygens (including phenoxy) is 1. The standard InChI is InChI=1S/C17H14FN3O3.C2H6/c1-24-14-4-2-3-10-15(14)13(20-21-17(10)23)8-9-5-6-12(18)11(7-9)16(19)22;1-2/h2-7H,8H2,1H3,(H2,19,22)(H,21,23);1-2H3. The highest BCUT2D eigenvalue weighted by Gasteiger charge is 2.14. The minimum atomic E-state index is -0.841. The summed E-state index contributed by atoms with van der Waals surface area (Å²) in [6.07, 6.45) is 0.272. The van der Waals surface area contributed by atoms with Gasteiger partial charge in [-0.25, -0.2) is 9.49 Å². The number of carbonyl (C=O) groups is 1. The second-order valence-corrected chi connectivity index (χ2v) is 5.24. The molecule has 3 aromatic rings. The minimum Gasteiger partial charge on any atom is -0.496 e. The van der Waals surface area contributed by atoms with Crippen molar-refractivity contribution in [3.63, 3.8) is 0 Å². The van der Waals surface area contributed by atoms with Crippen molar-refractivity contribution < 1.29 is 13.9 Å². The molecule has 3 rings (SSSR count). The number of fused-ring (bicyclic) bond motifs is 1. The lowest BCUT2D eigenvalue weighted by Crippen LogP contribution is -2.14. The number of methoxy groups -OCH3 is 1. The quantitative estimate of drug-likeness (QED) is 0.750. The Morgan fingerprint density at radius 3 is 2.65 bits per heavy atom. The SMILES string of the molecule is CC.COc1cccc2c(=O)[nH]nc(Cc3ccc(F)c(C(N)=O)c3)c12. The van der Waals surface area contributed by atoms with Crippen molar-refractivity contribution in [2.75, 3.05) is 7.11 Å². The van der Waals surface area contributed by atoms with Crippen LogP contribution in [0.25, 0.3) is 10.8 Å². The summed E-state index contributed by atoms with van der Waals surface area (Å²) < 4.78 is 18.9. The van der Waals surface area contributed by atoms with E-state index >= 15 is 0 Å². The zero-order valence-corrected chi connectivity index (χ0v) is 14.8. The maximum absolute atomic E-state index is 13.6. The lowest BCUT2D eigenvalue weighted by Gasteiger charge is -2.10. The molecule has 0 atom stereocenters. The Hall–Kier alpha value is -3.22. The third kappa shape index (κ3) is 3.72. The molecule has 0 bridgehead atoms. The van der Waals surface area contributed by atoms with Crippen molar-refractivity contribution in [3.05, 3.63) is 69.4 Å². The molecule has 6 nitrogen and oxygen atoms in total. The van der Waals surface area contributed by atoms with Crippen molar-refractivity contribution in [1.29, 1.82) is 0 Å². The summed E-state index contributed by atoms with van der Waals surface area (Å²) in [6, 6.07) is 9.21. The van der Waals surface area contributed by atoms with Crippen LogP contribution >= 0.6 is 0 Å². The Bertz CT molecular complexity index is 999. The van der Waals surface area contributed by atoms with Crippen LogP contribution in [-0.4, -0.2) is 23.2 Å². The molecule has 1 amide bonds. The molecule has 0 saturated heterocycles. The van der Waals surface area contributed by atoms with Gasteiger partial charge < -0.3 is 10.5 Å². The number of hydrogen-bond acceptors (Lipinski definition) is 4. The van der Waals surface area contributed by atoms with Crippen LogP contribution in [-0.2, 0) is 6.42 Å². The van der Waals surface area contributed by atoms with Crippen molar-refractivity contribution in [3.8, 4) is 5.75 Å². The van der Waals surface area contributed by atoms with Crippen molar-refractivity contribution in [1.82, 2.24) is 10.2 Å². The maximum atomic E-state index is 13.6. The second kappa shape index (κ2) is 8.24. The first-order chi connectivity index (χ1) is 12.5. The molecule has 7 heteroatoms. The van der Waals surface area contributed by atoms with Crippen LogP contribution in [0.1, 0.15) is 35.5 Å². The van der Waals surface area contributed by atoms with Gasteiger partial charge in [0.05, 0.1) is 29.1 Å². The van der Waals surface area contributed by atoms with E-state index in [0.29, 0.717) is 27.8 Å². The molecule has 1 heterocycles. The number of halogens is 1. The number of nitrogens with one attached hydrogen (secondary N) is 1. The highest BCUT2D eigenvalue weighted by atomic mass is 19.1. The van der Waals surface area contributed by atoms with Gasteiger partial charge in [0, 0.05) is 6.42 Å². The number of hydrogen-bond donors (Lipinski definition) is 2. The Labute approximate surface area is 149 Å². The van der Waals surface area contributed by atoms with Crippen LogP contribution in [0.15, 0.2) is 41.2 Å². The van der Waals surface area contributed by atoms with Crippen LogP contribution in [0.3, 0.4) is 0 Å². The number of aromatic amines is 1. The summed E-state index contributed by atoms with van der Waals surface area (Å²) in [4.78, 5) is 23.2. The fourth-order valence-corrected chi connectivity index (χ4v) is 2.61. The minimum absolute atomic E-state index is 0.187. The Balaban J connectivity index is 0.00000117. The smallest absolute Gasteiger partial charge is 0.272 e. The molecule has 0 unspecified atom stereocenters. The van der Waals surface area contributed by atoms with E-state index in [2.05, 4.69) is 10.2 Å². The van der Waals surface area contributed by atoms with Gasteiger partial charge >= 0.3 is 0 Å². The number of amides is 1. The van der Waals surface area contributed by atoms with Gasteiger partial charge in [-0.05, 0) is 29.8 Å². The van der Waals surface area contributed by atoms with E-state index in [4.69, 9.17) is 10.5 Å². The third-order valence-corrected chi connectivity index (χ3v) is 3.74. The molecule has 0 aliphatic rings. The first-order valence-corrected chi connectivity index (χ1v) is 8.13. The largest absolute Gasteiger partial charge is 0.496 e. The van der Waals surface area contributed by atoms with Gasteiger partial charge in [-0.1, -0.05) is 26.0 Å². The number of rotatable bonds is 4. The van der Waals surface area contributed by atoms with Crippen LogP contribution in [0.2, 0.25) is 0 Å². The van der Waals surface area contributed by atoms with E-state index in [0.717, 1.165) is 0 Å². The molecular formula is C19H20FN3O3. The molecular weight excluding hydrogens is 337 g/mol. The number of nitrogens with two attached hydrogens (primary N) is 1. The summed E-state index contributed by atoms with van der Waals surface area (Å²) in [5, 5.41) is 7.54. The molecule has 0 spiro atoms. The van der Waals surface area contributed by atoms with Gasteiger partial charge in [0.1, 0.15) is 11.6 Å². The number of aromatic nitrogens is 2. The highest BCUT2D eigenvalue weighted by Crippen LogP contribution is 2.27. The highest BCUT2D eigenvalue weighted by molar-refractivity contribution is 5.93. The van der Waals surface area contributed by atoms with Gasteiger partial charge in [0.25, 0.3) is 11.5 Å². The zero-order chi connectivity index (χ0) is 19.3. The number of benzene rings is 2. The average Bonchev–Trinajstić information content (AvgIpc) is 2.66.